The topological polar surface area (TPSA) is 46.2 Å². The van der Waals surface area contributed by atoms with E-state index in [9.17, 15) is 5.11 Å². The molecule has 1 aromatic rings. The van der Waals surface area contributed by atoms with Crippen molar-refractivity contribution in [1.29, 1.82) is 0 Å². The largest absolute Gasteiger partial charge is 0.391 e. The normalized spacial score (nSPS) is 15.9. The van der Waals surface area contributed by atoms with Gasteiger partial charge in [0.25, 0.3) is 0 Å². The molecule has 17 heavy (non-hydrogen) atoms. The summed E-state index contributed by atoms with van der Waals surface area (Å²) >= 11 is 6.83. The fourth-order valence-corrected chi connectivity index (χ4v) is 2.89. The maximum Gasteiger partial charge on any atom is 0.0758 e. The first-order chi connectivity index (χ1) is 7.45. The first-order valence-electron chi connectivity index (χ1n) is 5.35. The number of aliphatic hydroxyl groups is 1. The van der Waals surface area contributed by atoms with E-state index in [2.05, 4.69) is 38.8 Å². The molecule has 0 saturated heterocycles. The molecule has 0 spiro atoms. The van der Waals surface area contributed by atoms with Crippen molar-refractivity contribution < 1.29 is 5.11 Å². The van der Waals surface area contributed by atoms with Crippen LogP contribution in [0.15, 0.2) is 27.1 Å². The van der Waals surface area contributed by atoms with Crippen LogP contribution in [0.4, 0.5) is 0 Å². The Labute approximate surface area is 126 Å². The van der Waals surface area contributed by atoms with Crippen LogP contribution in [0, 0.1) is 5.92 Å². The summed E-state index contributed by atoms with van der Waals surface area (Å²) in [6.07, 6.45) is 0.413. The zero-order valence-corrected chi connectivity index (χ0v) is 13.8. The number of hydrogen-bond acceptors (Lipinski definition) is 2. The fraction of sp³-hybridized carbons (Fsp3) is 0.500. The molecule has 1 rings (SSSR count). The van der Waals surface area contributed by atoms with Gasteiger partial charge in [0, 0.05) is 8.95 Å². The molecule has 0 radical (unpaired) electrons. The zero-order valence-electron chi connectivity index (χ0n) is 9.86. The van der Waals surface area contributed by atoms with E-state index in [0.29, 0.717) is 0 Å². The highest BCUT2D eigenvalue weighted by Crippen LogP contribution is 2.27. The van der Waals surface area contributed by atoms with Gasteiger partial charge in [-0.3, -0.25) is 0 Å². The van der Waals surface area contributed by atoms with Crippen LogP contribution in [0.5, 0.6) is 0 Å². The second kappa shape index (κ2) is 7.74. The lowest BCUT2D eigenvalue weighted by atomic mass is 9.92. The summed E-state index contributed by atoms with van der Waals surface area (Å²) in [5.74, 6) is 0.202. The Balaban J connectivity index is 0.00000256. The first-order valence-corrected chi connectivity index (χ1v) is 6.94. The van der Waals surface area contributed by atoms with Crippen molar-refractivity contribution >= 4 is 44.3 Å². The second-order valence-electron chi connectivity index (χ2n) is 4.10. The Morgan fingerprint density at radius 1 is 1.24 bits per heavy atom. The van der Waals surface area contributed by atoms with Gasteiger partial charge in [-0.2, -0.15) is 0 Å². The summed E-state index contributed by atoms with van der Waals surface area (Å²) in [5, 5.41) is 10.1. The molecule has 0 aliphatic rings. The van der Waals surface area contributed by atoms with Crippen molar-refractivity contribution in [2.45, 2.75) is 32.4 Å². The summed E-state index contributed by atoms with van der Waals surface area (Å²) in [6, 6.07) is 5.50. The number of halogens is 3. The molecular weight excluding hydrogens is 369 g/mol. The van der Waals surface area contributed by atoms with E-state index in [-0.39, 0.29) is 24.4 Å². The van der Waals surface area contributed by atoms with E-state index in [1.807, 2.05) is 25.1 Å². The lowest BCUT2D eigenvalue weighted by Gasteiger charge is -2.24. The van der Waals surface area contributed by atoms with Crippen LogP contribution >= 0.6 is 44.3 Å². The van der Waals surface area contributed by atoms with Gasteiger partial charge in [-0.25, -0.2) is 0 Å². The van der Waals surface area contributed by atoms with Gasteiger partial charge < -0.3 is 10.8 Å². The molecule has 0 amide bonds. The third kappa shape index (κ3) is 4.87. The quantitative estimate of drug-likeness (QED) is 0.819. The predicted molar refractivity (Wildman–Crippen MR) is 81.5 cm³/mol. The lowest BCUT2D eigenvalue weighted by molar-refractivity contribution is 0.0879. The standard InChI is InChI=1S/C12H17Br2NO.ClH/c1-3-7(2)12(16)11(15)8-4-9(13)6-10(14)5-8;/h4-7,11-12,16H,3,15H2,1-2H3;1H/t7?,11-,12+;/m0./s1. The molecule has 3 N–H and O–H groups in total. The smallest absolute Gasteiger partial charge is 0.0758 e. The van der Waals surface area contributed by atoms with Crippen LogP contribution < -0.4 is 5.73 Å². The highest BCUT2D eigenvalue weighted by molar-refractivity contribution is 9.11. The minimum atomic E-state index is -0.508. The summed E-state index contributed by atoms with van der Waals surface area (Å²) in [5.41, 5.74) is 7.00. The molecule has 0 aliphatic heterocycles. The van der Waals surface area contributed by atoms with Gasteiger partial charge in [0.2, 0.25) is 0 Å². The van der Waals surface area contributed by atoms with Crippen molar-refractivity contribution in [3.05, 3.63) is 32.7 Å². The first kappa shape index (κ1) is 17.4. The molecule has 5 heteroatoms. The Bertz CT molecular complexity index is 342. The third-order valence-corrected chi connectivity index (χ3v) is 3.78. The van der Waals surface area contributed by atoms with Crippen LogP contribution in [0.25, 0.3) is 0 Å². The van der Waals surface area contributed by atoms with Crippen molar-refractivity contribution in [3.63, 3.8) is 0 Å². The molecule has 3 atom stereocenters. The summed E-state index contributed by atoms with van der Waals surface area (Å²) in [4.78, 5) is 0. The van der Waals surface area contributed by atoms with E-state index in [4.69, 9.17) is 5.73 Å². The molecule has 1 aromatic carbocycles. The summed E-state index contributed by atoms with van der Waals surface area (Å²) < 4.78 is 1.92. The van der Waals surface area contributed by atoms with E-state index in [0.717, 1.165) is 20.9 Å². The third-order valence-electron chi connectivity index (χ3n) is 2.86. The van der Waals surface area contributed by atoms with E-state index < -0.39 is 6.10 Å². The van der Waals surface area contributed by atoms with Crippen LogP contribution in [0.2, 0.25) is 0 Å². The van der Waals surface area contributed by atoms with Gasteiger partial charge in [0.05, 0.1) is 12.1 Å². The number of aliphatic hydroxyl groups excluding tert-OH is 1. The Hall–Kier alpha value is 0.390. The van der Waals surface area contributed by atoms with Crippen LogP contribution in [-0.4, -0.2) is 11.2 Å². The Morgan fingerprint density at radius 2 is 1.71 bits per heavy atom. The Kier molecular flexibility index (Phi) is 7.92. The van der Waals surface area contributed by atoms with Gasteiger partial charge in [0.1, 0.15) is 0 Å². The lowest BCUT2D eigenvalue weighted by Crippen LogP contribution is -2.31. The van der Waals surface area contributed by atoms with Gasteiger partial charge in [0.15, 0.2) is 0 Å². The van der Waals surface area contributed by atoms with Crippen LogP contribution in [0.1, 0.15) is 31.9 Å². The number of benzene rings is 1. The molecule has 0 heterocycles. The van der Waals surface area contributed by atoms with E-state index in [1.54, 1.807) is 0 Å². The SMILES string of the molecule is CCC(C)[C@@H](O)[C@@H](N)c1cc(Br)cc(Br)c1.Cl. The highest BCUT2D eigenvalue weighted by atomic mass is 79.9. The van der Waals surface area contributed by atoms with Crippen LogP contribution in [0.3, 0.4) is 0 Å². The number of nitrogens with two attached hydrogens (primary N) is 1. The maximum atomic E-state index is 10.1. The molecule has 2 nitrogen and oxygen atoms in total. The van der Waals surface area contributed by atoms with Crippen molar-refractivity contribution in [3.8, 4) is 0 Å². The van der Waals surface area contributed by atoms with Gasteiger partial charge >= 0.3 is 0 Å². The molecule has 98 valence electrons. The molecule has 1 unspecified atom stereocenters. The summed E-state index contributed by atoms with van der Waals surface area (Å²) in [7, 11) is 0. The van der Waals surface area contributed by atoms with Crippen molar-refractivity contribution in [2.24, 2.45) is 11.7 Å². The molecule has 0 fully saturated rings. The second-order valence-corrected chi connectivity index (χ2v) is 5.94. The average Bonchev–Trinajstić information content (AvgIpc) is 2.24. The van der Waals surface area contributed by atoms with Crippen LogP contribution in [-0.2, 0) is 0 Å². The van der Waals surface area contributed by atoms with Gasteiger partial charge in [-0.15, -0.1) is 12.4 Å². The monoisotopic (exact) mass is 385 g/mol. The number of rotatable bonds is 4. The van der Waals surface area contributed by atoms with Gasteiger partial charge in [-0.1, -0.05) is 52.1 Å². The molecule has 0 bridgehead atoms. The highest BCUT2D eigenvalue weighted by Gasteiger charge is 2.22. The molecule has 0 aliphatic carbocycles. The van der Waals surface area contributed by atoms with Crippen molar-refractivity contribution in [1.82, 2.24) is 0 Å². The Morgan fingerprint density at radius 3 is 2.12 bits per heavy atom. The summed E-state index contributed by atoms with van der Waals surface area (Å²) in [6.45, 7) is 4.06. The average molecular weight is 388 g/mol. The van der Waals surface area contributed by atoms with Gasteiger partial charge in [-0.05, 0) is 29.7 Å². The molecule has 0 saturated carbocycles. The number of hydrogen-bond donors (Lipinski definition) is 2. The van der Waals surface area contributed by atoms with E-state index >= 15 is 0 Å². The molecular formula is C12H18Br2ClNO. The van der Waals surface area contributed by atoms with Crippen molar-refractivity contribution in [2.75, 3.05) is 0 Å². The molecule has 0 aromatic heterocycles. The zero-order chi connectivity index (χ0) is 12.3. The fourth-order valence-electron chi connectivity index (χ4n) is 1.56. The minimum absolute atomic E-state index is 0. The van der Waals surface area contributed by atoms with E-state index in [1.165, 1.54) is 0 Å². The predicted octanol–water partition coefficient (Wildman–Crippen LogP) is 4.04. The maximum absolute atomic E-state index is 10.1. The minimum Gasteiger partial charge on any atom is -0.391 e.